The van der Waals surface area contributed by atoms with E-state index in [4.69, 9.17) is 0 Å². The van der Waals surface area contributed by atoms with Gasteiger partial charge in [0, 0.05) is 0 Å². The van der Waals surface area contributed by atoms with Gasteiger partial charge in [0.2, 0.25) is 4.32 Å². The fourth-order valence-electron chi connectivity index (χ4n) is 1.66. The second-order valence-corrected chi connectivity index (χ2v) is 12.6. The van der Waals surface area contributed by atoms with Gasteiger partial charge in [0.1, 0.15) is 7.14 Å². The van der Waals surface area contributed by atoms with Gasteiger partial charge in [-0.3, -0.25) is 0 Å². The molecule has 0 saturated carbocycles. The van der Waals surface area contributed by atoms with Crippen LogP contribution in [-0.2, 0) is 24.2 Å². The van der Waals surface area contributed by atoms with Crippen LogP contribution >= 0.6 is 7.14 Å². The highest BCUT2D eigenvalue weighted by molar-refractivity contribution is 8.18. The van der Waals surface area contributed by atoms with Crippen LogP contribution < -0.4 is 0 Å². The van der Waals surface area contributed by atoms with E-state index in [1.807, 2.05) is 0 Å². The molecule has 1 aliphatic rings. The van der Waals surface area contributed by atoms with Gasteiger partial charge in [0.25, 0.3) is 0 Å². The summed E-state index contributed by atoms with van der Waals surface area (Å²) in [6, 6.07) is 0. The van der Waals surface area contributed by atoms with Crippen molar-refractivity contribution in [3.05, 3.63) is 0 Å². The van der Waals surface area contributed by atoms with Crippen molar-refractivity contribution in [3.8, 4) is 0 Å². The van der Waals surface area contributed by atoms with Crippen molar-refractivity contribution in [2.45, 2.75) is 10.7 Å². The first kappa shape index (κ1) is 12.2. The summed E-state index contributed by atoms with van der Waals surface area (Å²) in [5.41, 5.74) is 0. The lowest BCUT2D eigenvalue weighted by molar-refractivity contribution is 0.564. The zero-order valence-corrected chi connectivity index (χ0v) is 10.5. The molecule has 0 aromatic heterocycles. The van der Waals surface area contributed by atoms with E-state index >= 15 is 0 Å². The third kappa shape index (κ3) is 2.20. The summed E-state index contributed by atoms with van der Waals surface area (Å²) >= 11 is 0. The number of hydrogen-bond acceptors (Lipinski definition) is 5. The molecule has 1 rings (SSSR count). The normalized spacial score (nSPS) is 27.3. The van der Waals surface area contributed by atoms with Crippen LogP contribution in [0.15, 0.2) is 0 Å². The van der Waals surface area contributed by atoms with Crippen LogP contribution in [0.3, 0.4) is 0 Å². The van der Waals surface area contributed by atoms with Crippen molar-refractivity contribution in [1.29, 1.82) is 0 Å². The summed E-state index contributed by atoms with van der Waals surface area (Å²) < 4.78 is 55.9. The van der Waals surface area contributed by atoms with Crippen molar-refractivity contribution in [3.63, 3.8) is 0 Å². The van der Waals surface area contributed by atoms with Crippen molar-refractivity contribution >= 4 is 26.8 Å². The molecule has 0 aliphatic carbocycles. The molecule has 0 radical (unpaired) electrons. The molecule has 8 heteroatoms. The third-order valence-electron chi connectivity index (χ3n) is 1.98. The Hall–Kier alpha value is 0.130. The summed E-state index contributed by atoms with van der Waals surface area (Å²) in [4.78, 5) is 0. The highest BCUT2D eigenvalue weighted by Crippen LogP contribution is 2.50. The number of hydrogen-bond donors (Lipinski definition) is 0. The van der Waals surface area contributed by atoms with Crippen molar-refractivity contribution < 1.29 is 21.4 Å². The topological polar surface area (TPSA) is 85.3 Å². The van der Waals surface area contributed by atoms with Crippen molar-refractivity contribution in [2.24, 2.45) is 0 Å². The maximum Gasteiger partial charge on any atom is 0.214 e. The van der Waals surface area contributed by atoms with Crippen molar-refractivity contribution in [1.82, 2.24) is 0 Å². The van der Waals surface area contributed by atoms with E-state index in [2.05, 4.69) is 0 Å². The van der Waals surface area contributed by atoms with E-state index < -0.39 is 31.1 Å². The lowest BCUT2D eigenvalue weighted by Gasteiger charge is -2.25. The molecule has 1 saturated heterocycles. The quantitative estimate of drug-likeness (QED) is 0.625. The Morgan fingerprint density at radius 3 is 1.57 bits per heavy atom. The largest absolute Gasteiger partial charge is 0.322 e. The fraction of sp³-hybridized carbons (Fsp3) is 1.00. The Morgan fingerprint density at radius 1 is 1.00 bits per heavy atom. The van der Waals surface area contributed by atoms with Crippen LogP contribution in [0.2, 0.25) is 0 Å². The first-order valence-corrected chi connectivity index (χ1v) is 10.2. The van der Waals surface area contributed by atoms with Gasteiger partial charge in [-0.2, -0.15) is 0 Å². The van der Waals surface area contributed by atoms with Gasteiger partial charge in [-0.05, 0) is 19.8 Å². The molecule has 0 atom stereocenters. The Morgan fingerprint density at radius 2 is 1.36 bits per heavy atom. The smallest absolute Gasteiger partial charge is 0.214 e. The summed E-state index contributed by atoms with van der Waals surface area (Å²) in [6.45, 7) is 2.41. The van der Waals surface area contributed by atoms with E-state index in [-0.39, 0.29) is 17.9 Å². The summed E-state index contributed by atoms with van der Waals surface area (Å²) in [6.07, 6.45) is 0.112. The third-order valence-corrected chi connectivity index (χ3v) is 12.7. The average Bonchev–Trinajstić information content (AvgIpc) is 1.76. The maximum absolute atomic E-state index is 11.6. The molecule has 0 aromatic rings. The molecular weight excluding hydrogens is 247 g/mol. The highest BCUT2D eigenvalue weighted by atomic mass is 32.3. The molecule has 1 aliphatic heterocycles. The minimum atomic E-state index is -3.74. The second-order valence-electron chi connectivity index (χ2n) is 3.83. The molecule has 0 bridgehead atoms. The first-order chi connectivity index (χ1) is 6.07. The van der Waals surface area contributed by atoms with Crippen LogP contribution in [-0.4, -0.2) is 46.0 Å². The Balaban J connectivity index is 3.40. The molecule has 14 heavy (non-hydrogen) atoms. The molecule has 84 valence electrons. The standard InChI is InChI=1S/C6H13O5PS2/c1-12(2,7)6-13(8,9)4-3-5-14(6,10)11/h6H,3-5H2,1-2H3. The first-order valence-electron chi connectivity index (χ1n) is 4.05. The molecule has 0 N–H and O–H groups in total. The second kappa shape index (κ2) is 3.32. The minimum Gasteiger partial charge on any atom is -0.322 e. The van der Waals surface area contributed by atoms with Crippen molar-refractivity contribution in [2.75, 3.05) is 24.8 Å². The van der Waals surface area contributed by atoms with Crippen LogP contribution in [0.25, 0.3) is 0 Å². The van der Waals surface area contributed by atoms with E-state index in [0.29, 0.717) is 0 Å². The molecular formula is C6H13O5PS2. The van der Waals surface area contributed by atoms with Gasteiger partial charge in [0.05, 0.1) is 11.5 Å². The highest BCUT2D eigenvalue weighted by Gasteiger charge is 2.48. The predicted octanol–water partition coefficient (Wildman–Crippen LogP) is 0.126. The maximum atomic E-state index is 11.6. The number of rotatable bonds is 1. The molecule has 0 unspecified atom stereocenters. The van der Waals surface area contributed by atoms with Gasteiger partial charge in [-0.1, -0.05) is 0 Å². The van der Waals surface area contributed by atoms with Gasteiger partial charge in [-0.15, -0.1) is 0 Å². The molecule has 0 aromatic carbocycles. The fourth-order valence-corrected chi connectivity index (χ4v) is 12.5. The zero-order valence-electron chi connectivity index (χ0n) is 8.00. The van der Waals surface area contributed by atoms with E-state index in [1.54, 1.807) is 0 Å². The van der Waals surface area contributed by atoms with E-state index in [0.717, 1.165) is 0 Å². The van der Waals surface area contributed by atoms with Crippen LogP contribution in [0.4, 0.5) is 0 Å². The average molecular weight is 260 g/mol. The SMILES string of the molecule is CP(C)(=O)C1S(=O)(=O)CCCS1(=O)=O. The van der Waals surface area contributed by atoms with Gasteiger partial charge < -0.3 is 4.57 Å². The van der Waals surface area contributed by atoms with E-state index in [1.165, 1.54) is 13.3 Å². The van der Waals surface area contributed by atoms with E-state index in [9.17, 15) is 21.4 Å². The van der Waals surface area contributed by atoms with Gasteiger partial charge in [-0.25, -0.2) is 16.8 Å². The molecule has 5 nitrogen and oxygen atoms in total. The lowest BCUT2D eigenvalue weighted by atomic mass is 10.6. The van der Waals surface area contributed by atoms with Crippen LogP contribution in [0.1, 0.15) is 6.42 Å². The molecule has 0 amide bonds. The Labute approximate surface area is 84.1 Å². The van der Waals surface area contributed by atoms with Crippen LogP contribution in [0.5, 0.6) is 0 Å². The predicted molar refractivity (Wildman–Crippen MR) is 55.4 cm³/mol. The monoisotopic (exact) mass is 260 g/mol. The Kier molecular flexibility index (Phi) is 2.89. The number of sulfone groups is 2. The molecule has 1 heterocycles. The summed E-state index contributed by atoms with van der Waals surface area (Å²) in [5, 5.41) is 0. The lowest BCUT2D eigenvalue weighted by Crippen LogP contribution is -2.38. The molecule has 1 fully saturated rings. The Bertz CT molecular complexity index is 434. The van der Waals surface area contributed by atoms with Gasteiger partial charge >= 0.3 is 0 Å². The summed E-state index contributed by atoms with van der Waals surface area (Å²) in [7, 11) is -10.6. The molecule has 0 spiro atoms. The zero-order chi connectivity index (χ0) is 11.2. The minimum absolute atomic E-state index is 0.112. The van der Waals surface area contributed by atoms with Crippen LogP contribution in [0, 0.1) is 0 Å². The van der Waals surface area contributed by atoms with Gasteiger partial charge in [0.15, 0.2) is 19.7 Å². The summed E-state index contributed by atoms with van der Waals surface area (Å²) in [5.74, 6) is -0.356.